The molecule has 0 heterocycles. The molecule has 0 aliphatic heterocycles. The van der Waals surface area contributed by atoms with Crippen molar-refractivity contribution >= 4 is 27.4 Å². The molecule has 1 rings (SSSR count). The molecule has 1 unspecified atom stereocenters. The fourth-order valence-corrected chi connectivity index (χ4v) is 2.57. The third kappa shape index (κ3) is 4.46. The van der Waals surface area contributed by atoms with Crippen LogP contribution in [0, 0.1) is 0 Å². The minimum absolute atomic E-state index is 0.0368. The van der Waals surface area contributed by atoms with Crippen LogP contribution in [0.15, 0.2) is 29.2 Å². The van der Waals surface area contributed by atoms with Crippen LogP contribution in [-0.4, -0.2) is 26.2 Å². The quantitative estimate of drug-likeness (QED) is 0.840. The summed E-state index contributed by atoms with van der Waals surface area (Å²) in [6.45, 7) is 4.15. The zero-order valence-corrected chi connectivity index (χ0v) is 11.7. The van der Waals surface area contributed by atoms with Gasteiger partial charge in [0.25, 0.3) is 0 Å². The first kappa shape index (κ1) is 15.3. The van der Waals surface area contributed by atoms with Gasteiger partial charge in [-0.2, -0.15) is 0 Å². The number of sulfonamides is 1. The highest BCUT2D eigenvalue weighted by Crippen LogP contribution is 2.14. The van der Waals surface area contributed by atoms with E-state index in [1.54, 1.807) is 0 Å². The van der Waals surface area contributed by atoms with E-state index >= 15 is 0 Å². The second-order valence-electron chi connectivity index (χ2n) is 4.16. The van der Waals surface area contributed by atoms with Crippen molar-refractivity contribution in [1.29, 1.82) is 0 Å². The second-order valence-corrected chi connectivity index (χ2v) is 5.87. The highest BCUT2D eigenvalue weighted by molar-refractivity contribution is 7.89. The predicted molar refractivity (Wildman–Crippen MR) is 71.2 cm³/mol. The number of rotatable bonds is 5. The SMILES string of the molecule is CC(=O)Nc1ccc(S(=O)(=O)NC(C)C(C)=O)cc1. The first-order valence-electron chi connectivity index (χ1n) is 5.63. The molecule has 1 aromatic carbocycles. The number of carbonyl (C=O) groups excluding carboxylic acids is 2. The van der Waals surface area contributed by atoms with Crippen LogP contribution in [0.4, 0.5) is 5.69 Å². The zero-order chi connectivity index (χ0) is 14.6. The molecule has 1 amide bonds. The Hall–Kier alpha value is -1.73. The molecule has 0 aliphatic carbocycles. The lowest BCUT2D eigenvalue weighted by molar-refractivity contribution is -0.118. The van der Waals surface area contributed by atoms with Crippen molar-refractivity contribution in [3.05, 3.63) is 24.3 Å². The Labute approximate surface area is 112 Å². The van der Waals surface area contributed by atoms with Gasteiger partial charge in [0.05, 0.1) is 10.9 Å². The van der Waals surface area contributed by atoms with E-state index in [2.05, 4.69) is 10.0 Å². The molecule has 0 spiro atoms. The summed E-state index contributed by atoms with van der Waals surface area (Å²) in [7, 11) is -3.73. The van der Waals surface area contributed by atoms with Crippen LogP contribution in [0.3, 0.4) is 0 Å². The standard InChI is InChI=1S/C12H16N2O4S/c1-8(9(2)15)14-19(17,18)12-6-4-11(5-7-12)13-10(3)16/h4-8,14H,1-3H3,(H,13,16). The minimum Gasteiger partial charge on any atom is -0.326 e. The van der Waals surface area contributed by atoms with Crippen molar-refractivity contribution < 1.29 is 18.0 Å². The van der Waals surface area contributed by atoms with E-state index < -0.39 is 16.1 Å². The lowest BCUT2D eigenvalue weighted by Gasteiger charge is -2.11. The molecule has 104 valence electrons. The molecular formula is C12H16N2O4S. The van der Waals surface area contributed by atoms with E-state index in [-0.39, 0.29) is 16.6 Å². The molecule has 1 atom stereocenters. The topological polar surface area (TPSA) is 92.3 Å². The number of amides is 1. The third-order valence-corrected chi connectivity index (χ3v) is 3.98. The van der Waals surface area contributed by atoms with Crippen molar-refractivity contribution in [2.24, 2.45) is 0 Å². The van der Waals surface area contributed by atoms with Gasteiger partial charge in [-0.1, -0.05) is 0 Å². The van der Waals surface area contributed by atoms with Crippen LogP contribution in [0.5, 0.6) is 0 Å². The molecule has 6 nitrogen and oxygen atoms in total. The highest BCUT2D eigenvalue weighted by Gasteiger charge is 2.19. The maximum atomic E-state index is 11.9. The van der Waals surface area contributed by atoms with Gasteiger partial charge in [0.1, 0.15) is 5.78 Å². The molecule has 0 radical (unpaired) electrons. The monoisotopic (exact) mass is 284 g/mol. The van der Waals surface area contributed by atoms with E-state index in [4.69, 9.17) is 0 Å². The molecular weight excluding hydrogens is 268 g/mol. The molecule has 19 heavy (non-hydrogen) atoms. The summed E-state index contributed by atoms with van der Waals surface area (Å²) in [5, 5.41) is 2.53. The summed E-state index contributed by atoms with van der Waals surface area (Å²) in [4.78, 5) is 21.9. The lowest BCUT2D eigenvalue weighted by atomic mass is 10.3. The number of Topliss-reactive ketones (excluding diaryl/α,β-unsaturated/α-hetero) is 1. The molecule has 0 fully saturated rings. The van der Waals surface area contributed by atoms with Crippen molar-refractivity contribution in [3.8, 4) is 0 Å². The summed E-state index contributed by atoms with van der Waals surface area (Å²) in [5.74, 6) is -0.502. The summed E-state index contributed by atoms with van der Waals surface area (Å²) in [6.07, 6.45) is 0. The Morgan fingerprint density at radius 1 is 1.11 bits per heavy atom. The average molecular weight is 284 g/mol. The van der Waals surface area contributed by atoms with Gasteiger partial charge >= 0.3 is 0 Å². The molecule has 0 saturated carbocycles. The highest BCUT2D eigenvalue weighted by atomic mass is 32.2. The summed E-state index contributed by atoms with van der Waals surface area (Å²) in [6, 6.07) is 4.91. The average Bonchev–Trinajstić information content (AvgIpc) is 2.28. The normalized spacial score (nSPS) is 12.8. The minimum atomic E-state index is -3.73. The van der Waals surface area contributed by atoms with Crippen LogP contribution in [-0.2, 0) is 19.6 Å². The number of hydrogen-bond donors (Lipinski definition) is 2. The van der Waals surface area contributed by atoms with E-state index in [0.29, 0.717) is 5.69 Å². The number of hydrogen-bond acceptors (Lipinski definition) is 4. The molecule has 0 aromatic heterocycles. The number of carbonyl (C=O) groups is 2. The Balaban J connectivity index is 2.90. The van der Waals surface area contributed by atoms with Gasteiger partial charge in [-0.05, 0) is 38.1 Å². The summed E-state index contributed by atoms with van der Waals surface area (Å²) < 4.78 is 26.1. The van der Waals surface area contributed by atoms with Crippen molar-refractivity contribution in [2.75, 3.05) is 5.32 Å². The van der Waals surface area contributed by atoms with E-state index in [1.165, 1.54) is 45.0 Å². The molecule has 2 N–H and O–H groups in total. The second kappa shape index (κ2) is 5.94. The van der Waals surface area contributed by atoms with E-state index in [1.807, 2.05) is 0 Å². The molecule has 0 saturated heterocycles. The van der Waals surface area contributed by atoms with Gasteiger partial charge < -0.3 is 5.32 Å². The fraction of sp³-hybridized carbons (Fsp3) is 0.333. The smallest absolute Gasteiger partial charge is 0.241 e. The van der Waals surface area contributed by atoms with Gasteiger partial charge in [-0.3, -0.25) is 9.59 Å². The van der Waals surface area contributed by atoms with Crippen LogP contribution in [0.25, 0.3) is 0 Å². The largest absolute Gasteiger partial charge is 0.326 e. The third-order valence-electron chi connectivity index (χ3n) is 2.43. The van der Waals surface area contributed by atoms with Crippen LogP contribution < -0.4 is 10.0 Å². The van der Waals surface area contributed by atoms with Crippen LogP contribution >= 0.6 is 0 Å². The summed E-state index contributed by atoms with van der Waals surface area (Å²) >= 11 is 0. The van der Waals surface area contributed by atoms with Gasteiger partial charge in [0.15, 0.2) is 0 Å². The van der Waals surface area contributed by atoms with Crippen molar-refractivity contribution in [3.63, 3.8) is 0 Å². The molecule has 1 aromatic rings. The van der Waals surface area contributed by atoms with Gasteiger partial charge in [0, 0.05) is 12.6 Å². The lowest BCUT2D eigenvalue weighted by Crippen LogP contribution is -2.37. The fourth-order valence-electron chi connectivity index (χ4n) is 1.30. The van der Waals surface area contributed by atoms with Crippen LogP contribution in [0.1, 0.15) is 20.8 Å². The van der Waals surface area contributed by atoms with Gasteiger partial charge in [-0.15, -0.1) is 0 Å². The Morgan fingerprint density at radius 2 is 1.63 bits per heavy atom. The van der Waals surface area contributed by atoms with E-state index in [0.717, 1.165) is 0 Å². The maximum absolute atomic E-state index is 11.9. The number of benzene rings is 1. The van der Waals surface area contributed by atoms with Gasteiger partial charge in [0.2, 0.25) is 15.9 Å². The molecule has 0 aliphatic rings. The Bertz CT molecular complexity index is 578. The van der Waals surface area contributed by atoms with E-state index in [9.17, 15) is 18.0 Å². The number of nitrogens with one attached hydrogen (secondary N) is 2. The zero-order valence-electron chi connectivity index (χ0n) is 10.9. The predicted octanol–water partition coefficient (Wildman–Crippen LogP) is 0.901. The number of anilines is 1. The number of ketones is 1. The Morgan fingerprint density at radius 3 is 2.05 bits per heavy atom. The van der Waals surface area contributed by atoms with Crippen molar-refractivity contribution in [2.45, 2.75) is 31.7 Å². The first-order chi connectivity index (χ1) is 8.72. The molecule has 0 bridgehead atoms. The van der Waals surface area contributed by atoms with Gasteiger partial charge in [-0.25, -0.2) is 13.1 Å². The van der Waals surface area contributed by atoms with Crippen molar-refractivity contribution in [1.82, 2.24) is 4.72 Å². The van der Waals surface area contributed by atoms with Crippen LogP contribution in [0.2, 0.25) is 0 Å². The summed E-state index contributed by atoms with van der Waals surface area (Å²) in [5.41, 5.74) is 0.506. The maximum Gasteiger partial charge on any atom is 0.241 e. The first-order valence-corrected chi connectivity index (χ1v) is 7.11. The Kier molecular flexibility index (Phi) is 4.79. The molecule has 7 heteroatoms.